The van der Waals surface area contributed by atoms with Crippen molar-refractivity contribution in [2.75, 3.05) is 13.6 Å². The van der Waals surface area contributed by atoms with E-state index in [0.717, 1.165) is 25.8 Å². The van der Waals surface area contributed by atoms with Crippen molar-refractivity contribution in [1.82, 2.24) is 4.90 Å². The van der Waals surface area contributed by atoms with Gasteiger partial charge in [-0.25, -0.2) is 0 Å². The van der Waals surface area contributed by atoms with Gasteiger partial charge in [-0.1, -0.05) is 104 Å². The average Bonchev–Trinajstić information content (AvgIpc) is 2.65. The number of carbonyl (C=O) groups excluding carboxylic acids is 2. The SMILES string of the molecule is CCCCCCCCCCCCCCCCCC(=O)C(C(N)=O)N(C)CCC. The Balaban J connectivity index is 3.51. The molecule has 166 valence electrons. The molecule has 2 N–H and O–H groups in total. The fraction of sp³-hybridized carbons (Fsp3) is 0.917. The first-order chi connectivity index (χ1) is 13.5. The maximum atomic E-state index is 12.3. The Labute approximate surface area is 175 Å². The molecule has 28 heavy (non-hydrogen) atoms. The summed E-state index contributed by atoms with van der Waals surface area (Å²) in [6.45, 7) is 5.03. The van der Waals surface area contributed by atoms with Crippen molar-refractivity contribution in [3.8, 4) is 0 Å². The molecule has 0 fully saturated rings. The van der Waals surface area contributed by atoms with Crippen LogP contribution >= 0.6 is 0 Å². The van der Waals surface area contributed by atoms with Crippen molar-refractivity contribution in [2.24, 2.45) is 5.73 Å². The zero-order valence-corrected chi connectivity index (χ0v) is 19.1. The van der Waals surface area contributed by atoms with Crippen LogP contribution in [0.5, 0.6) is 0 Å². The number of unbranched alkanes of at least 4 members (excludes halogenated alkanes) is 14. The number of ketones is 1. The van der Waals surface area contributed by atoms with Crippen LogP contribution in [0, 0.1) is 0 Å². The molecule has 0 rings (SSSR count). The molecule has 0 aromatic carbocycles. The lowest BCUT2D eigenvalue weighted by molar-refractivity contribution is -0.133. The fourth-order valence-electron chi connectivity index (χ4n) is 3.91. The van der Waals surface area contributed by atoms with Gasteiger partial charge in [0, 0.05) is 6.42 Å². The van der Waals surface area contributed by atoms with E-state index in [0.29, 0.717) is 6.42 Å². The van der Waals surface area contributed by atoms with E-state index in [-0.39, 0.29) is 5.78 Å². The third-order valence-corrected chi connectivity index (χ3v) is 5.62. The number of hydrogen-bond acceptors (Lipinski definition) is 3. The molecule has 0 saturated carbocycles. The summed E-state index contributed by atoms with van der Waals surface area (Å²) in [4.78, 5) is 25.7. The van der Waals surface area contributed by atoms with E-state index < -0.39 is 11.9 Å². The highest BCUT2D eigenvalue weighted by Gasteiger charge is 2.27. The third kappa shape index (κ3) is 15.1. The molecule has 4 nitrogen and oxygen atoms in total. The van der Waals surface area contributed by atoms with E-state index in [1.165, 1.54) is 83.5 Å². The monoisotopic (exact) mass is 396 g/mol. The van der Waals surface area contributed by atoms with Crippen LogP contribution < -0.4 is 5.73 Å². The van der Waals surface area contributed by atoms with Crippen molar-refractivity contribution < 1.29 is 9.59 Å². The molecule has 0 spiro atoms. The number of hydrogen-bond donors (Lipinski definition) is 1. The number of Topliss-reactive ketones (excluding diaryl/α,β-unsaturated/α-hetero) is 1. The van der Waals surface area contributed by atoms with E-state index in [1.807, 2.05) is 14.0 Å². The molecule has 0 radical (unpaired) electrons. The molecule has 4 heteroatoms. The van der Waals surface area contributed by atoms with Crippen LogP contribution in [-0.4, -0.2) is 36.2 Å². The lowest BCUT2D eigenvalue weighted by Gasteiger charge is -2.23. The number of likely N-dealkylation sites (N-methyl/N-ethyl adjacent to an activating group) is 1. The Bertz CT molecular complexity index is 385. The molecule has 0 saturated heterocycles. The smallest absolute Gasteiger partial charge is 0.242 e. The van der Waals surface area contributed by atoms with Crippen LogP contribution in [0.3, 0.4) is 0 Å². The van der Waals surface area contributed by atoms with Gasteiger partial charge in [-0.3, -0.25) is 14.5 Å². The second kappa shape index (κ2) is 19.4. The predicted octanol–water partition coefficient (Wildman–Crippen LogP) is 6.01. The molecule has 1 amide bonds. The van der Waals surface area contributed by atoms with Crippen molar-refractivity contribution >= 4 is 11.7 Å². The van der Waals surface area contributed by atoms with Crippen LogP contribution in [0.25, 0.3) is 0 Å². The summed E-state index contributed by atoms with van der Waals surface area (Å²) in [6.07, 6.45) is 21.0. The highest BCUT2D eigenvalue weighted by atomic mass is 16.2. The largest absolute Gasteiger partial charge is 0.368 e. The number of nitrogens with two attached hydrogens (primary N) is 1. The first-order valence-electron chi connectivity index (χ1n) is 12.1. The van der Waals surface area contributed by atoms with Crippen LogP contribution in [0.1, 0.15) is 123 Å². The van der Waals surface area contributed by atoms with Crippen molar-refractivity contribution in [2.45, 2.75) is 129 Å². The minimum Gasteiger partial charge on any atom is -0.368 e. The van der Waals surface area contributed by atoms with Crippen LogP contribution in [-0.2, 0) is 9.59 Å². The Kier molecular flexibility index (Phi) is 18.8. The van der Waals surface area contributed by atoms with Gasteiger partial charge in [-0.2, -0.15) is 0 Å². The van der Waals surface area contributed by atoms with E-state index >= 15 is 0 Å². The van der Waals surface area contributed by atoms with Crippen molar-refractivity contribution in [1.29, 1.82) is 0 Å². The fourth-order valence-corrected chi connectivity index (χ4v) is 3.91. The summed E-state index contributed by atoms with van der Waals surface area (Å²) < 4.78 is 0. The Morgan fingerprint density at radius 2 is 1.07 bits per heavy atom. The molecular formula is C24H48N2O2. The van der Waals surface area contributed by atoms with Gasteiger partial charge in [0.2, 0.25) is 5.91 Å². The molecule has 0 aromatic rings. The summed E-state index contributed by atoms with van der Waals surface area (Å²) in [7, 11) is 1.81. The summed E-state index contributed by atoms with van der Waals surface area (Å²) >= 11 is 0. The van der Waals surface area contributed by atoms with Crippen LogP contribution in [0.2, 0.25) is 0 Å². The number of nitrogens with zero attached hydrogens (tertiary/aromatic N) is 1. The van der Waals surface area contributed by atoms with Gasteiger partial charge in [0.05, 0.1) is 0 Å². The molecule has 0 aliphatic heterocycles. The molecule has 0 aromatic heterocycles. The van der Waals surface area contributed by atoms with Gasteiger partial charge in [-0.15, -0.1) is 0 Å². The van der Waals surface area contributed by atoms with Gasteiger partial charge in [0.25, 0.3) is 0 Å². The zero-order chi connectivity index (χ0) is 21.0. The summed E-state index contributed by atoms with van der Waals surface area (Å²) in [5.41, 5.74) is 5.42. The normalized spacial score (nSPS) is 12.4. The third-order valence-electron chi connectivity index (χ3n) is 5.62. The minimum atomic E-state index is -0.744. The molecule has 0 heterocycles. The van der Waals surface area contributed by atoms with E-state index in [9.17, 15) is 9.59 Å². The first-order valence-corrected chi connectivity index (χ1v) is 12.1. The van der Waals surface area contributed by atoms with Gasteiger partial charge >= 0.3 is 0 Å². The highest BCUT2D eigenvalue weighted by molar-refractivity contribution is 6.04. The van der Waals surface area contributed by atoms with E-state index in [2.05, 4.69) is 6.92 Å². The Hall–Kier alpha value is -0.900. The lowest BCUT2D eigenvalue weighted by atomic mass is 10.0. The first kappa shape index (κ1) is 27.1. The van der Waals surface area contributed by atoms with E-state index in [4.69, 9.17) is 5.73 Å². The average molecular weight is 397 g/mol. The maximum Gasteiger partial charge on any atom is 0.242 e. The summed E-state index contributed by atoms with van der Waals surface area (Å²) in [5, 5.41) is 0. The number of rotatable bonds is 21. The standard InChI is InChI=1S/C24H48N2O2/c1-4-6-7-8-9-10-11-12-13-14-15-16-17-18-19-20-22(27)23(24(25)28)26(3)21-5-2/h23H,4-21H2,1-3H3,(H2,25,28). The molecule has 1 unspecified atom stereocenters. The summed E-state index contributed by atoms with van der Waals surface area (Å²) in [6, 6.07) is -0.744. The zero-order valence-electron chi connectivity index (χ0n) is 19.1. The van der Waals surface area contributed by atoms with Gasteiger partial charge < -0.3 is 5.73 Å². The van der Waals surface area contributed by atoms with Gasteiger partial charge in [0.15, 0.2) is 5.78 Å². The number of carbonyl (C=O) groups is 2. The second-order valence-corrected chi connectivity index (χ2v) is 8.45. The number of primary amides is 1. The van der Waals surface area contributed by atoms with Crippen LogP contribution in [0.4, 0.5) is 0 Å². The molecule has 0 aliphatic carbocycles. The van der Waals surface area contributed by atoms with Gasteiger partial charge in [0.1, 0.15) is 6.04 Å². The predicted molar refractivity (Wildman–Crippen MR) is 120 cm³/mol. The van der Waals surface area contributed by atoms with Crippen molar-refractivity contribution in [3.05, 3.63) is 0 Å². The molecule has 0 bridgehead atoms. The second-order valence-electron chi connectivity index (χ2n) is 8.45. The van der Waals surface area contributed by atoms with Crippen LogP contribution in [0.15, 0.2) is 0 Å². The quantitative estimate of drug-likeness (QED) is 0.191. The Morgan fingerprint density at radius 3 is 1.43 bits per heavy atom. The maximum absolute atomic E-state index is 12.3. The number of amides is 1. The Morgan fingerprint density at radius 1 is 0.679 bits per heavy atom. The minimum absolute atomic E-state index is 0.0156. The van der Waals surface area contributed by atoms with Gasteiger partial charge in [-0.05, 0) is 26.4 Å². The summed E-state index contributed by atoms with van der Waals surface area (Å²) in [5.74, 6) is -0.528. The van der Waals surface area contributed by atoms with Crippen molar-refractivity contribution in [3.63, 3.8) is 0 Å². The molecule has 1 atom stereocenters. The molecule has 0 aliphatic rings. The lowest BCUT2D eigenvalue weighted by Crippen LogP contribution is -2.48. The highest BCUT2D eigenvalue weighted by Crippen LogP contribution is 2.14. The molecular weight excluding hydrogens is 348 g/mol. The van der Waals surface area contributed by atoms with E-state index in [1.54, 1.807) is 4.90 Å². The topological polar surface area (TPSA) is 63.4 Å².